The third kappa shape index (κ3) is 5.22. The zero-order chi connectivity index (χ0) is 15.8. The molecule has 2 aromatic carbocycles. The maximum Gasteiger partial charge on any atom is 0.262 e. The van der Waals surface area contributed by atoms with E-state index in [1.54, 1.807) is 0 Å². The number of benzene rings is 2. The highest BCUT2D eigenvalue weighted by Gasteiger charge is 2.04. The lowest BCUT2D eigenvalue weighted by Crippen LogP contribution is -2.20. The molecule has 22 heavy (non-hydrogen) atoms. The van der Waals surface area contributed by atoms with Crippen LogP contribution in [0.2, 0.25) is 0 Å². The molecule has 0 unspecified atom stereocenters. The summed E-state index contributed by atoms with van der Waals surface area (Å²) in [5.74, 6) is 0.540. The molecular weight excluding hydrogens is 276 g/mol. The molecule has 0 fully saturated rings. The van der Waals surface area contributed by atoms with Gasteiger partial charge in [-0.05, 0) is 48.9 Å². The van der Waals surface area contributed by atoms with Gasteiger partial charge >= 0.3 is 0 Å². The van der Waals surface area contributed by atoms with Crippen LogP contribution in [-0.4, -0.2) is 19.1 Å². The predicted octanol–water partition coefficient (Wildman–Crippen LogP) is 3.12. The van der Waals surface area contributed by atoms with E-state index in [9.17, 15) is 4.79 Å². The zero-order valence-electron chi connectivity index (χ0n) is 13.1. The molecule has 0 spiro atoms. The lowest BCUT2D eigenvalue weighted by atomic mass is 10.2. The van der Waals surface area contributed by atoms with Crippen LogP contribution < -0.4 is 15.4 Å². The van der Waals surface area contributed by atoms with Crippen molar-refractivity contribution in [3.63, 3.8) is 0 Å². The molecule has 2 N–H and O–H groups in total. The van der Waals surface area contributed by atoms with Gasteiger partial charge in [-0.15, -0.1) is 0 Å². The van der Waals surface area contributed by atoms with Crippen LogP contribution in [0.5, 0.6) is 5.75 Å². The van der Waals surface area contributed by atoms with Crippen molar-refractivity contribution >= 4 is 11.6 Å². The Morgan fingerprint density at radius 3 is 2.73 bits per heavy atom. The lowest BCUT2D eigenvalue weighted by molar-refractivity contribution is -0.118. The third-order valence-corrected chi connectivity index (χ3v) is 3.15. The summed E-state index contributed by atoms with van der Waals surface area (Å²) in [4.78, 5) is 11.9. The van der Waals surface area contributed by atoms with Crippen LogP contribution in [-0.2, 0) is 11.3 Å². The van der Waals surface area contributed by atoms with Crippen molar-refractivity contribution in [1.82, 2.24) is 5.32 Å². The molecular formula is C18H22N2O2. The summed E-state index contributed by atoms with van der Waals surface area (Å²) in [6.07, 6.45) is 0. The highest BCUT2D eigenvalue weighted by atomic mass is 16.5. The molecule has 0 aliphatic carbocycles. The second-order valence-electron chi connectivity index (χ2n) is 5.13. The van der Waals surface area contributed by atoms with Gasteiger partial charge in [-0.3, -0.25) is 4.79 Å². The van der Waals surface area contributed by atoms with Gasteiger partial charge in [-0.1, -0.05) is 31.2 Å². The van der Waals surface area contributed by atoms with E-state index in [1.165, 1.54) is 0 Å². The lowest BCUT2D eigenvalue weighted by Gasteiger charge is -2.09. The minimum absolute atomic E-state index is 0.000884. The summed E-state index contributed by atoms with van der Waals surface area (Å²) in [5.41, 5.74) is 3.03. The second kappa shape index (κ2) is 8.20. The molecule has 0 radical (unpaired) electrons. The number of rotatable bonds is 7. The number of anilines is 1. The van der Waals surface area contributed by atoms with Crippen LogP contribution >= 0.6 is 0 Å². The smallest absolute Gasteiger partial charge is 0.262 e. The first-order chi connectivity index (χ1) is 10.7. The molecule has 0 atom stereocenters. The number of aryl methyl sites for hydroxylation is 1. The standard InChI is InChI=1S/C18H22N2O2/c1-3-19-12-15-7-5-8-16(11-15)20-18(21)13-22-17-9-4-6-14(2)10-17/h4-11,19H,3,12-13H2,1-2H3,(H,20,21). The first-order valence-electron chi connectivity index (χ1n) is 7.46. The minimum Gasteiger partial charge on any atom is -0.484 e. The van der Waals surface area contributed by atoms with E-state index >= 15 is 0 Å². The zero-order valence-corrected chi connectivity index (χ0v) is 13.1. The normalized spacial score (nSPS) is 10.3. The third-order valence-electron chi connectivity index (χ3n) is 3.15. The van der Waals surface area contributed by atoms with Crippen molar-refractivity contribution in [2.75, 3.05) is 18.5 Å². The molecule has 0 aromatic heterocycles. The SMILES string of the molecule is CCNCc1cccc(NC(=O)COc2cccc(C)c2)c1. The van der Waals surface area contributed by atoms with Crippen molar-refractivity contribution in [3.05, 3.63) is 59.7 Å². The van der Waals surface area contributed by atoms with Crippen LogP contribution in [0.1, 0.15) is 18.1 Å². The number of hydrogen-bond acceptors (Lipinski definition) is 3. The van der Waals surface area contributed by atoms with Gasteiger partial charge in [0.15, 0.2) is 6.61 Å². The van der Waals surface area contributed by atoms with E-state index in [-0.39, 0.29) is 12.5 Å². The van der Waals surface area contributed by atoms with Crippen LogP contribution in [0.25, 0.3) is 0 Å². The Kier molecular flexibility index (Phi) is 5.98. The van der Waals surface area contributed by atoms with Crippen LogP contribution in [0, 0.1) is 6.92 Å². The van der Waals surface area contributed by atoms with Gasteiger partial charge in [0.05, 0.1) is 0 Å². The first-order valence-corrected chi connectivity index (χ1v) is 7.46. The van der Waals surface area contributed by atoms with Gasteiger partial charge in [0.1, 0.15) is 5.75 Å². The fourth-order valence-electron chi connectivity index (χ4n) is 2.08. The Balaban J connectivity index is 1.86. The van der Waals surface area contributed by atoms with Gasteiger partial charge in [-0.25, -0.2) is 0 Å². The number of amides is 1. The van der Waals surface area contributed by atoms with Crippen LogP contribution in [0.15, 0.2) is 48.5 Å². The Labute approximate surface area is 131 Å². The fraction of sp³-hybridized carbons (Fsp3) is 0.278. The molecule has 2 rings (SSSR count). The minimum atomic E-state index is -0.165. The van der Waals surface area contributed by atoms with Crippen molar-refractivity contribution < 1.29 is 9.53 Å². The van der Waals surface area contributed by atoms with Crippen LogP contribution in [0.3, 0.4) is 0 Å². The maximum absolute atomic E-state index is 11.9. The van der Waals surface area contributed by atoms with E-state index < -0.39 is 0 Å². The molecule has 0 heterocycles. The Bertz CT molecular complexity index is 626. The quantitative estimate of drug-likeness (QED) is 0.825. The molecule has 1 amide bonds. The summed E-state index contributed by atoms with van der Waals surface area (Å²) in [6, 6.07) is 15.5. The summed E-state index contributed by atoms with van der Waals surface area (Å²) in [5, 5.41) is 6.11. The topological polar surface area (TPSA) is 50.4 Å². The van der Waals surface area contributed by atoms with Crippen molar-refractivity contribution in [1.29, 1.82) is 0 Å². The first kappa shape index (κ1) is 16.0. The molecule has 0 saturated carbocycles. The summed E-state index contributed by atoms with van der Waals surface area (Å²) < 4.78 is 5.49. The van der Waals surface area contributed by atoms with E-state index in [2.05, 4.69) is 17.6 Å². The number of carbonyl (C=O) groups excluding carboxylic acids is 1. The largest absolute Gasteiger partial charge is 0.484 e. The maximum atomic E-state index is 11.9. The second-order valence-corrected chi connectivity index (χ2v) is 5.13. The van der Waals surface area contributed by atoms with Gasteiger partial charge in [-0.2, -0.15) is 0 Å². The fourth-order valence-corrected chi connectivity index (χ4v) is 2.08. The molecule has 0 aliphatic heterocycles. The molecule has 2 aromatic rings. The average molecular weight is 298 g/mol. The molecule has 4 nitrogen and oxygen atoms in total. The van der Waals surface area contributed by atoms with E-state index in [0.717, 1.165) is 29.9 Å². The van der Waals surface area contributed by atoms with Crippen molar-refractivity contribution in [2.24, 2.45) is 0 Å². The van der Waals surface area contributed by atoms with E-state index in [0.29, 0.717) is 5.75 Å². The number of carbonyl (C=O) groups is 1. The molecule has 0 saturated heterocycles. The number of nitrogens with one attached hydrogen (secondary N) is 2. The highest BCUT2D eigenvalue weighted by Crippen LogP contribution is 2.13. The van der Waals surface area contributed by atoms with E-state index in [1.807, 2.05) is 55.5 Å². The molecule has 0 aliphatic rings. The monoisotopic (exact) mass is 298 g/mol. The van der Waals surface area contributed by atoms with Crippen molar-refractivity contribution in [2.45, 2.75) is 20.4 Å². The van der Waals surface area contributed by atoms with Crippen LogP contribution in [0.4, 0.5) is 5.69 Å². The summed E-state index contributed by atoms with van der Waals surface area (Å²) in [7, 11) is 0. The average Bonchev–Trinajstić information content (AvgIpc) is 2.51. The number of hydrogen-bond donors (Lipinski definition) is 2. The van der Waals surface area contributed by atoms with Gasteiger partial charge in [0, 0.05) is 12.2 Å². The Morgan fingerprint density at radius 2 is 1.95 bits per heavy atom. The molecule has 116 valence electrons. The number of ether oxygens (including phenoxy) is 1. The van der Waals surface area contributed by atoms with Gasteiger partial charge in [0.25, 0.3) is 5.91 Å². The molecule has 0 bridgehead atoms. The summed E-state index contributed by atoms with van der Waals surface area (Å²) in [6.45, 7) is 5.76. The Hall–Kier alpha value is -2.33. The van der Waals surface area contributed by atoms with Gasteiger partial charge in [0.2, 0.25) is 0 Å². The van der Waals surface area contributed by atoms with Crippen molar-refractivity contribution in [3.8, 4) is 5.75 Å². The van der Waals surface area contributed by atoms with Gasteiger partial charge < -0.3 is 15.4 Å². The summed E-state index contributed by atoms with van der Waals surface area (Å²) >= 11 is 0. The highest BCUT2D eigenvalue weighted by molar-refractivity contribution is 5.91. The van der Waals surface area contributed by atoms with E-state index in [4.69, 9.17) is 4.74 Å². The predicted molar refractivity (Wildman–Crippen MR) is 89.1 cm³/mol. The molecule has 4 heteroatoms. The Morgan fingerprint density at radius 1 is 1.14 bits per heavy atom.